The Balaban J connectivity index is 2.36. The number of carboxylic acids is 1. The summed E-state index contributed by atoms with van der Waals surface area (Å²) in [7, 11) is 0. The first-order valence-corrected chi connectivity index (χ1v) is 7.28. The lowest BCUT2D eigenvalue weighted by molar-refractivity contribution is -0.150. The van der Waals surface area contributed by atoms with Gasteiger partial charge in [-0.15, -0.1) is 0 Å². The van der Waals surface area contributed by atoms with Crippen LogP contribution in [-0.2, 0) is 14.4 Å². The van der Waals surface area contributed by atoms with Gasteiger partial charge in [0, 0.05) is 25.4 Å². The summed E-state index contributed by atoms with van der Waals surface area (Å²) >= 11 is 0. The number of hydrogen-bond acceptors (Lipinski definition) is 3. The summed E-state index contributed by atoms with van der Waals surface area (Å²) in [6.45, 7) is 4.16. The fourth-order valence-electron chi connectivity index (χ4n) is 2.09. The van der Waals surface area contributed by atoms with Crippen LogP contribution >= 0.6 is 0 Å². The molecule has 0 spiro atoms. The first-order valence-electron chi connectivity index (χ1n) is 7.28. The standard InChI is InChI=1S/C14H24N2O4/c1-3-9-15-12(17)5-4-6-13(18)16(11-7-8-11)10(2)14(19)20/h10-11H,3-9H2,1-2H3,(H,15,17)(H,19,20). The van der Waals surface area contributed by atoms with Crippen molar-refractivity contribution < 1.29 is 19.5 Å². The summed E-state index contributed by atoms with van der Waals surface area (Å²) in [5.41, 5.74) is 0. The van der Waals surface area contributed by atoms with Crippen molar-refractivity contribution >= 4 is 17.8 Å². The second-order valence-corrected chi connectivity index (χ2v) is 5.25. The van der Waals surface area contributed by atoms with E-state index in [1.807, 2.05) is 6.92 Å². The van der Waals surface area contributed by atoms with Crippen molar-refractivity contribution in [2.45, 2.75) is 64.5 Å². The molecule has 2 amide bonds. The van der Waals surface area contributed by atoms with Gasteiger partial charge in [-0.25, -0.2) is 4.79 Å². The molecule has 0 saturated heterocycles. The number of nitrogens with zero attached hydrogens (tertiary/aromatic N) is 1. The van der Waals surface area contributed by atoms with Crippen LogP contribution in [0.2, 0.25) is 0 Å². The van der Waals surface area contributed by atoms with Gasteiger partial charge in [-0.1, -0.05) is 6.92 Å². The predicted octanol–water partition coefficient (Wildman–Crippen LogP) is 1.15. The van der Waals surface area contributed by atoms with Crippen molar-refractivity contribution in [1.82, 2.24) is 10.2 Å². The third kappa shape index (κ3) is 5.19. The quantitative estimate of drug-likeness (QED) is 0.665. The number of carbonyl (C=O) groups excluding carboxylic acids is 2. The van der Waals surface area contributed by atoms with Crippen molar-refractivity contribution in [3.63, 3.8) is 0 Å². The lowest BCUT2D eigenvalue weighted by atomic mass is 10.1. The average Bonchev–Trinajstić information content (AvgIpc) is 3.20. The molecule has 0 aromatic rings. The van der Waals surface area contributed by atoms with Crippen LogP contribution in [0.1, 0.15) is 52.4 Å². The zero-order chi connectivity index (χ0) is 15.1. The maximum absolute atomic E-state index is 12.1. The van der Waals surface area contributed by atoms with Crippen molar-refractivity contribution in [2.24, 2.45) is 0 Å². The molecule has 0 heterocycles. The minimum absolute atomic E-state index is 0.0519. The maximum atomic E-state index is 12.1. The van der Waals surface area contributed by atoms with Gasteiger partial charge >= 0.3 is 5.97 Å². The van der Waals surface area contributed by atoms with Crippen molar-refractivity contribution in [2.75, 3.05) is 6.54 Å². The summed E-state index contributed by atoms with van der Waals surface area (Å²) in [5.74, 6) is -1.19. The molecule has 6 heteroatoms. The summed E-state index contributed by atoms with van der Waals surface area (Å²) in [5, 5.41) is 11.8. The molecule has 0 bridgehead atoms. The van der Waals surface area contributed by atoms with E-state index in [1.165, 1.54) is 11.8 Å². The van der Waals surface area contributed by atoms with E-state index < -0.39 is 12.0 Å². The van der Waals surface area contributed by atoms with E-state index in [9.17, 15) is 14.4 Å². The number of nitrogens with one attached hydrogen (secondary N) is 1. The van der Waals surface area contributed by atoms with Gasteiger partial charge in [-0.2, -0.15) is 0 Å². The van der Waals surface area contributed by atoms with Gasteiger partial charge in [0.15, 0.2) is 0 Å². The Morgan fingerprint density at radius 1 is 1.30 bits per heavy atom. The smallest absolute Gasteiger partial charge is 0.326 e. The highest BCUT2D eigenvalue weighted by Crippen LogP contribution is 2.29. The molecule has 0 aliphatic heterocycles. The molecule has 6 nitrogen and oxygen atoms in total. The molecule has 1 rings (SSSR count). The fourth-order valence-corrected chi connectivity index (χ4v) is 2.09. The average molecular weight is 284 g/mol. The van der Waals surface area contributed by atoms with Gasteiger partial charge < -0.3 is 15.3 Å². The summed E-state index contributed by atoms with van der Waals surface area (Å²) in [4.78, 5) is 36.0. The second-order valence-electron chi connectivity index (χ2n) is 5.25. The number of amides is 2. The molecule has 2 N–H and O–H groups in total. The van der Waals surface area contributed by atoms with Gasteiger partial charge in [0.05, 0.1) is 0 Å². The van der Waals surface area contributed by atoms with Crippen LogP contribution in [0.4, 0.5) is 0 Å². The monoisotopic (exact) mass is 284 g/mol. The Bertz CT molecular complexity index is 366. The number of rotatable bonds is 9. The zero-order valence-corrected chi connectivity index (χ0v) is 12.2. The number of carboxylic acid groups (broad SMARTS) is 1. The molecule has 0 radical (unpaired) electrons. The van der Waals surface area contributed by atoms with Crippen LogP contribution in [0.3, 0.4) is 0 Å². The number of aliphatic carboxylic acids is 1. The predicted molar refractivity (Wildman–Crippen MR) is 74.1 cm³/mol. The topological polar surface area (TPSA) is 86.7 Å². The normalized spacial score (nSPS) is 15.5. The largest absolute Gasteiger partial charge is 0.480 e. The second kappa shape index (κ2) is 7.87. The van der Waals surface area contributed by atoms with Crippen molar-refractivity contribution in [3.8, 4) is 0 Å². The van der Waals surface area contributed by atoms with Gasteiger partial charge in [-0.05, 0) is 32.6 Å². The lowest BCUT2D eigenvalue weighted by Gasteiger charge is -2.26. The molecule has 1 unspecified atom stereocenters. The van der Waals surface area contributed by atoms with Crippen LogP contribution < -0.4 is 5.32 Å². The van der Waals surface area contributed by atoms with Crippen LogP contribution in [-0.4, -0.2) is 46.4 Å². The molecule has 20 heavy (non-hydrogen) atoms. The van der Waals surface area contributed by atoms with E-state index in [0.29, 0.717) is 19.4 Å². The third-order valence-corrected chi connectivity index (χ3v) is 3.37. The maximum Gasteiger partial charge on any atom is 0.326 e. The number of hydrogen-bond donors (Lipinski definition) is 2. The van der Waals surface area contributed by atoms with E-state index >= 15 is 0 Å². The molecule has 0 aromatic heterocycles. The molecular formula is C14H24N2O4. The van der Waals surface area contributed by atoms with E-state index in [1.54, 1.807) is 0 Å². The van der Waals surface area contributed by atoms with Crippen LogP contribution in [0.15, 0.2) is 0 Å². The highest BCUT2D eigenvalue weighted by molar-refractivity contribution is 5.84. The first kappa shape index (κ1) is 16.5. The van der Waals surface area contributed by atoms with Gasteiger partial charge in [-0.3, -0.25) is 9.59 Å². The van der Waals surface area contributed by atoms with E-state index in [0.717, 1.165) is 19.3 Å². The molecule has 1 atom stereocenters. The van der Waals surface area contributed by atoms with E-state index in [-0.39, 0.29) is 24.3 Å². The Kier molecular flexibility index (Phi) is 6.48. The highest BCUT2D eigenvalue weighted by Gasteiger charge is 2.37. The lowest BCUT2D eigenvalue weighted by Crippen LogP contribution is -2.44. The Hall–Kier alpha value is -1.59. The van der Waals surface area contributed by atoms with Crippen LogP contribution in [0.5, 0.6) is 0 Å². The van der Waals surface area contributed by atoms with Gasteiger partial charge in [0.25, 0.3) is 0 Å². The zero-order valence-electron chi connectivity index (χ0n) is 12.2. The van der Waals surface area contributed by atoms with Gasteiger partial charge in [0.1, 0.15) is 6.04 Å². The van der Waals surface area contributed by atoms with E-state index in [2.05, 4.69) is 5.32 Å². The highest BCUT2D eigenvalue weighted by atomic mass is 16.4. The first-order chi connectivity index (χ1) is 9.47. The number of carbonyl (C=O) groups is 3. The molecule has 1 aliphatic carbocycles. The van der Waals surface area contributed by atoms with Crippen LogP contribution in [0.25, 0.3) is 0 Å². The van der Waals surface area contributed by atoms with Crippen molar-refractivity contribution in [3.05, 3.63) is 0 Å². The Morgan fingerprint density at radius 3 is 2.45 bits per heavy atom. The Labute approximate surface area is 119 Å². The molecule has 1 fully saturated rings. The molecule has 0 aromatic carbocycles. The summed E-state index contributed by atoms with van der Waals surface area (Å²) in [6.07, 6.45) is 3.64. The minimum Gasteiger partial charge on any atom is -0.480 e. The third-order valence-electron chi connectivity index (χ3n) is 3.37. The molecular weight excluding hydrogens is 260 g/mol. The van der Waals surface area contributed by atoms with E-state index in [4.69, 9.17) is 5.11 Å². The molecule has 1 aliphatic rings. The fraction of sp³-hybridized carbons (Fsp3) is 0.786. The van der Waals surface area contributed by atoms with Gasteiger partial charge in [0.2, 0.25) is 11.8 Å². The summed E-state index contributed by atoms with van der Waals surface area (Å²) < 4.78 is 0. The summed E-state index contributed by atoms with van der Waals surface area (Å²) in [6, 6.07) is -0.716. The Morgan fingerprint density at radius 2 is 1.95 bits per heavy atom. The van der Waals surface area contributed by atoms with Crippen molar-refractivity contribution in [1.29, 1.82) is 0 Å². The molecule has 1 saturated carbocycles. The minimum atomic E-state index is -0.981. The van der Waals surface area contributed by atoms with Crippen LogP contribution in [0, 0.1) is 0 Å². The molecule has 114 valence electrons. The SMILES string of the molecule is CCCNC(=O)CCCC(=O)N(C1CC1)C(C)C(=O)O.